The molecule has 0 heterocycles. The van der Waals surface area contributed by atoms with Gasteiger partial charge < -0.3 is 21.1 Å². The summed E-state index contributed by atoms with van der Waals surface area (Å²) in [6.45, 7) is 2.43. The molecule has 6 nitrogen and oxygen atoms in total. The Morgan fingerprint density at radius 3 is 2.50 bits per heavy atom. The van der Waals surface area contributed by atoms with Crippen LogP contribution in [0, 0.1) is 0 Å². The van der Waals surface area contributed by atoms with Crippen molar-refractivity contribution >= 4 is 12.1 Å². The normalized spacial score (nSPS) is 12.2. The lowest BCUT2D eigenvalue weighted by Crippen LogP contribution is -2.29. The predicted molar refractivity (Wildman–Crippen MR) is 103 cm³/mol. The molecule has 4 N–H and O–H groups in total. The van der Waals surface area contributed by atoms with Crippen LogP contribution in [0.4, 0.5) is 0 Å². The summed E-state index contributed by atoms with van der Waals surface area (Å²) in [6.07, 6.45) is 0.604. The van der Waals surface area contributed by atoms with E-state index in [4.69, 9.17) is 0 Å². The fraction of sp³-hybridized carbons (Fsp3) is 0.200. The Bertz CT molecular complexity index is 785. The third kappa shape index (κ3) is 5.46. The maximum absolute atomic E-state index is 10.9. The number of aliphatic imine (C=N–C) groups is 1. The average molecular weight is 352 g/mol. The molecule has 0 spiro atoms. The van der Waals surface area contributed by atoms with Gasteiger partial charge in [-0.05, 0) is 29.7 Å². The number of amides is 1. The molecule has 1 amide bonds. The van der Waals surface area contributed by atoms with Crippen molar-refractivity contribution in [2.24, 2.45) is 4.99 Å². The van der Waals surface area contributed by atoms with Gasteiger partial charge in [-0.25, -0.2) is 4.99 Å². The van der Waals surface area contributed by atoms with E-state index >= 15 is 0 Å². The maximum atomic E-state index is 10.9. The molecule has 0 bridgehead atoms. The minimum absolute atomic E-state index is 0.0233. The van der Waals surface area contributed by atoms with Crippen molar-refractivity contribution in [2.45, 2.75) is 20.1 Å². The van der Waals surface area contributed by atoms with Crippen molar-refractivity contribution in [3.63, 3.8) is 0 Å². The molecule has 0 aromatic heterocycles. The van der Waals surface area contributed by atoms with Crippen molar-refractivity contribution in [1.82, 2.24) is 16.0 Å². The summed E-state index contributed by atoms with van der Waals surface area (Å²) in [6, 6.07) is 17.5. The lowest BCUT2D eigenvalue weighted by Gasteiger charge is -2.14. The van der Waals surface area contributed by atoms with E-state index in [2.05, 4.69) is 20.9 Å². The topological polar surface area (TPSA) is 85.8 Å². The Balaban J connectivity index is 2.31. The van der Waals surface area contributed by atoms with Gasteiger partial charge in [0.15, 0.2) is 5.82 Å². The summed E-state index contributed by atoms with van der Waals surface area (Å²) in [5.41, 5.74) is 3.58. The van der Waals surface area contributed by atoms with E-state index in [1.165, 1.54) is 0 Å². The van der Waals surface area contributed by atoms with Crippen LogP contribution in [0.5, 0.6) is 0 Å². The van der Waals surface area contributed by atoms with E-state index in [9.17, 15) is 9.90 Å². The molecule has 26 heavy (non-hydrogen) atoms. The SMILES string of the molecule is CN/C(NC=O)=C(\N=C(/C)c1cccc(CO)c1)NCc1ccccc1. The number of hydrogen-bond donors (Lipinski definition) is 4. The number of aliphatic hydroxyl groups excluding tert-OH is 1. The fourth-order valence-electron chi connectivity index (χ4n) is 2.41. The molecule has 0 radical (unpaired) electrons. The Morgan fingerprint density at radius 2 is 1.85 bits per heavy atom. The molecule has 2 aromatic carbocycles. The number of carbonyl (C=O) groups excluding carboxylic acids is 1. The summed E-state index contributed by atoms with van der Waals surface area (Å²) < 4.78 is 0. The molecule has 0 unspecified atom stereocenters. The average Bonchev–Trinajstić information content (AvgIpc) is 2.70. The van der Waals surface area contributed by atoms with Gasteiger partial charge in [0.1, 0.15) is 5.82 Å². The Labute approximate surface area is 153 Å². The van der Waals surface area contributed by atoms with E-state index in [0.717, 1.165) is 22.4 Å². The molecule has 0 aliphatic rings. The lowest BCUT2D eigenvalue weighted by atomic mass is 10.1. The second kappa shape index (κ2) is 10.0. The summed E-state index contributed by atoms with van der Waals surface area (Å²) in [7, 11) is 1.72. The molecule has 2 aromatic rings. The summed E-state index contributed by atoms with van der Waals surface area (Å²) in [5, 5.41) is 18.1. The van der Waals surface area contributed by atoms with Crippen LogP contribution in [-0.2, 0) is 17.9 Å². The molecule has 0 aliphatic heterocycles. The van der Waals surface area contributed by atoms with Gasteiger partial charge in [-0.15, -0.1) is 0 Å². The number of rotatable bonds is 9. The Hall–Kier alpha value is -3.12. The number of nitrogens with zero attached hydrogens (tertiary/aromatic N) is 1. The fourth-order valence-corrected chi connectivity index (χ4v) is 2.41. The van der Waals surface area contributed by atoms with Crippen LogP contribution in [-0.4, -0.2) is 24.3 Å². The van der Waals surface area contributed by atoms with Crippen molar-refractivity contribution < 1.29 is 9.90 Å². The van der Waals surface area contributed by atoms with Crippen LogP contribution in [0.3, 0.4) is 0 Å². The highest BCUT2D eigenvalue weighted by atomic mass is 16.3. The van der Waals surface area contributed by atoms with E-state index in [1.807, 2.05) is 61.5 Å². The third-order valence-electron chi connectivity index (χ3n) is 3.80. The highest BCUT2D eigenvalue weighted by Gasteiger charge is 2.07. The summed E-state index contributed by atoms with van der Waals surface area (Å²) in [5.74, 6) is 1.00. The first-order valence-corrected chi connectivity index (χ1v) is 8.33. The molecule has 6 heteroatoms. The molecule has 0 aliphatic carbocycles. The van der Waals surface area contributed by atoms with Crippen molar-refractivity contribution in [3.05, 3.63) is 82.9 Å². The first-order valence-electron chi connectivity index (χ1n) is 8.33. The Morgan fingerprint density at radius 1 is 1.12 bits per heavy atom. The first-order chi connectivity index (χ1) is 12.7. The minimum Gasteiger partial charge on any atom is -0.392 e. The van der Waals surface area contributed by atoms with Crippen LogP contribution in [0.15, 0.2) is 71.2 Å². The first kappa shape index (κ1) is 19.2. The van der Waals surface area contributed by atoms with E-state index in [1.54, 1.807) is 7.05 Å². The van der Waals surface area contributed by atoms with Crippen molar-refractivity contribution in [1.29, 1.82) is 0 Å². The standard InChI is InChI=1S/C20H24N4O2/c1-15(18-10-6-9-17(11-18)13-25)24-20(19(21-2)23-14-26)22-12-16-7-4-3-5-8-16/h3-11,14,21-22,25H,12-13H2,1-2H3,(H,23,26)/b20-19+,24-15+. The molecule has 0 fully saturated rings. The zero-order valence-electron chi connectivity index (χ0n) is 15.0. The van der Waals surface area contributed by atoms with Gasteiger partial charge in [0.25, 0.3) is 0 Å². The number of benzene rings is 2. The molecule has 0 saturated heterocycles. The van der Waals surface area contributed by atoms with Gasteiger partial charge in [0.05, 0.1) is 6.61 Å². The number of carbonyl (C=O) groups is 1. The molecular formula is C20H24N4O2. The zero-order valence-corrected chi connectivity index (χ0v) is 15.0. The van der Waals surface area contributed by atoms with Crippen LogP contribution in [0.2, 0.25) is 0 Å². The Kier molecular flexibility index (Phi) is 7.39. The monoisotopic (exact) mass is 352 g/mol. The molecule has 2 rings (SSSR count). The molecule has 0 saturated carbocycles. The van der Waals surface area contributed by atoms with Gasteiger partial charge in [0.2, 0.25) is 6.41 Å². The lowest BCUT2D eigenvalue weighted by molar-refractivity contribution is -0.109. The van der Waals surface area contributed by atoms with E-state index < -0.39 is 0 Å². The van der Waals surface area contributed by atoms with Crippen molar-refractivity contribution in [3.8, 4) is 0 Å². The second-order valence-corrected chi connectivity index (χ2v) is 5.63. The molecule has 136 valence electrons. The second-order valence-electron chi connectivity index (χ2n) is 5.63. The van der Waals surface area contributed by atoms with Crippen LogP contribution < -0.4 is 16.0 Å². The number of nitrogens with one attached hydrogen (secondary N) is 3. The van der Waals surface area contributed by atoms with Crippen LogP contribution in [0.1, 0.15) is 23.6 Å². The van der Waals surface area contributed by atoms with Gasteiger partial charge in [-0.1, -0.05) is 48.5 Å². The maximum Gasteiger partial charge on any atom is 0.212 e. The van der Waals surface area contributed by atoms with Crippen molar-refractivity contribution in [2.75, 3.05) is 7.05 Å². The van der Waals surface area contributed by atoms with Gasteiger partial charge >= 0.3 is 0 Å². The van der Waals surface area contributed by atoms with E-state index in [-0.39, 0.29) is 6.61 Å². The van der Waals surface area contributed by atoms with Crippen LogP contribution >= 0.6 is 0 Å². The largest absolute Gasteiger partial charge is 0.392 e. The quantitative estimate of drug-likeness (QED) is 0.410. The van der Waals surface area contributed by atoms with E-state index in [0.29, 0.717) is 24.6 Å². The number of aliphatic hydroxyl groups is 1. The third-order valence-corrected chi connectivity index (χ3v) is 3.80. The predicted octanol–water partition coefficient (Wildman–Crippen LogP) is 1.87. The molecular weight excluding hydrogens is 328 g/mol. The van der Waals surface area contributed by atoms with Gasteiger partial charge in [-0.2, -0.15) is 0 Å². The summed E-state index contributed by atoms with van der Waals surface area (Å²) in [4.78, 5) is 15.5. The van der Waals surface area contributed by atoms with Gasteiger partial charge in [-0.3, -0.25) is 4.79 Å². The number of hydrogen-bond acceptors (Lipinski definition) is 5. The minimum atomic E-state index is -0.0233. The summed E-state index contributed by atoms with van der Waals surface area (Å²) >= 11 is 0. The smallest absolute Gasteiger partial charge is 0.212 e. The zero-order chi connectivity index (χ0) is 18.8. The highest BCUT2D eigenvalue weighted by Crippen LogP contribution is 2.10. The van der Waals surface area contributed by atoms with Gasteiger partial charge in [0, 0.05) is 19.3 Å². The van der Waals surface area contributed by atoms with Crippen LogP contribution in [0.25, 0.3) is 0 Å². The highest BCUT2D eigenvalue weighted by molar-refractivity contribution is 5.99. The molecule has 0 atom stereocenters.